The molecule has 20 heavy (non-hydrogen) atoms. The van der Waals surface area contributed by atoms with E-state index in [0.717, 1.165) is 5.69 Å². The molecule has 0 unspecified atom stereocenters. The largest absolute Gasteiger partial charge is 0.469 e. The number of carbonyl (C=O) groups is 2. The van der Waals surface area contributed by atoms with E-state index in [2.05, 4.69) is 14.7 Å². The molecule has 6 heteroatoms. The summed E-state index contributed by atoms with van der Waals surface area (Å²) in [4.78, 5) is 30.3. The van der Waals surface area contributed by atoms with Crippen LogP contribution in [0, 0.1) is 5.92 Å². The van der Waals surface area contributed by atoms with Crippen molar-refractivity contribution in [2.75, 3.05) is 7.11 Å². The molecule has 1 atom stereocenters. The van der Waals surface area contributed by atoms with E-state index in [1.165, 1.54) is 7.11 Å². The lowest BCUT2D eigenvalue weighted by Gasteiger charge is -2.23. The van der Waals surface area contributed by atoms with Crippen LogP contribution in [0.5, 0.6) is 0 Å². The standard InChI is InChI=1S/C14H22N2O4/c1-14(2,3)20-13(18)10(5-6-12(17)19-4)7-11-8-15-9-16-11/h8-10H,5-7H2,1-4H3,(H,15,16)/t10-/m0/s1. The molecule has 1 aromatic heterocycles. The number of esters is 2. The summed E-state index contributed by atoms with van der Waals surface area (Å²) >= 11 is 0. The smallest absolute Gasteiger partial charge is 0.309 e. The van der Waals surface area contributed by atoms with Crippen molar-refractivity contribution in [3.8, 4) is 0 Å². The van der Waals surface area contributed by atoms with Crippen LogP contribution in [0.25, 0.3) is 0 Å². The quantitative estimate of drug-likeness (QED) is 0.805. The number of ether oxygens (including phenoxy) is 2. The molecule has 0 aliphatic rings. The van der Waals surface area contributed by atoms with Crippen LogP contribution in [0.3, 0.4) is 0 Å². The van der Waals surface area contributed by atoms with Gasteiger partial charge in [-0.15, -0.1) is 0 Å². The van der Waals surface area contributed by atoms with E-state index in [1.807, 2.05) is 20.8 Å². The second-order valence-corrected chi connectivity index (χ2v) is 5.63. The minimum Gasteiger partial charge on any atom is -0.469 e. The molecule has 6 nitrogen and oxygen atoms in total. The lowest BCUT2D eigenvalue weighted by atomic mass is 9.97. The number of aromatic nitrogens is 2. The minimum absolute atomic E-state index is 0.189. The van der Waals surface area contributed by atoms with Gasteiger partial charge < -0.3 is 14.5 Å². The van der Waals surface area contributed by atoms with Gasteiger partial charge in [-0.1, -0.05) is 0 Å². The maximum atomic E-state index is 12.2. The molecule has 0 radical (unpaired) electrons. The van der Waals surface area contributed by atoms with E-state index in [9.17, 15) is 9.59 Å². The average molecular weight is 282 g/mol. The highest BCUT2D eigenvalue weighted by Crippen LogP contribution is 2.19. The Morgan fingerprint density at radius 3 is 2.60 bits per heavy atom. The van der Waals surface area contributed by atoms with Crippen molar-refractivity contribution >= 4 is 11.9 Å². The van der Waals surface area contributed by atoms with Gasteiger partial charge in [0.1, 0.15) is 5.60 Å². The predicted octanol–water partition coefficient (Wildman–Crippen LogP) is 1.86. The zero-order valence-corrected chi connectivity index (χ0v) is 12.4. The van der Waals surface area contributed by atoms with Crippen LogP contribution < -0.4 is 0 Å². The third kappa shape index (κ3) is 5.86. The van der Waals surface area contributed by atoms with Crippen LogP contribution in [0.1, 0.15) is 39.3 Å². The summed E-state index contributed by atoms with van der Waals surface area (Å²) in [6.07, 6.45) is 4.26. The van der Waals surface area contributed by atoms with Crippen molar-refractivity contribution in [3.05, 3.63) is 18.2 Å². The molecule has 112 valence electrons. The highest BCUT2D eigenvalue weighted by Gasteiger charge is 2.26. The second kappa shape index (κ2) is 7.07. The predicted molar refractivity (Wildman–Crippen MR) is 72.9 cm³/mol. The molecule has 0 spiro atoms. The molecule has 1 heterocycles. The molecule has 0 aliphatic carbocycles. The number of H-pyrrole nitrogens is 1. The van der Waals surface area contributed by atoms with Crippen LogP contribution in [-0.4, -0.2) is 34.6 Å². The number of hydrogen-bond donors (Lipinski definition) is 1. The Hall–Kier alpha value is -1.85. The fourth-order valence-corrected chi connectivity index (χ4v) is 1.74. The number of carbonyl (C=O) groups excluding carboxylic acids is 2. The first-order chi connectivity index (χ1) is 9.31. The van der Waals surface area contributed by atoms with Crippen molar-refractivity contribution in [1.29, 1.82) is 0 Å². The molecule has 0 aromatic carbocycles. The Morgan fingerprint density at radius 1 is 1.40 bits per heavy atom. The van der Waals surface area contributed by atoms with Crippen LogP contribution >= 0.6 is 0 Å². The Bertz CT molecular complexity index is 435. The molecule has 0 saturated carbocycles. The molecule has 1 aromatic rings. The molecule has 0 amide bonds. The van der Waals surface area contributed by atoms with E-state index >= 15 is 0 Å². The lowest BCUT2D eigenvalue weighted by molar-refractivity contribution is -0.160. The van der Waals surface area contributed by atoms with Crippen LogP contribution in [0.4, 0.5) is 0 Å². The average Bonchev–Trinajstić information content (AvgIpc) is 2.84. The maximum absolute atomic E-state index is 12.2. The van der Waals surface area contributed by atoms with Gasteiger partial charge in [-0.25, -0.2) is 4.98 Å². The molecule has 1 rings (SSSR count). The number of nitrogens with zero attached hydrogens (tertiary/aromatic N) is 1. The number of nitrogens with one attached hydrogen (secondary N) is 1. The Morgan fingerprint density at radius 2 is 2.10 bits per heavy atom. The molecule has 0 saturated heterocycles. The molecule has 0 aliphatic heterocycles. The maximum Gasteiger partial charge on any atom is 0.309 e. The highest BCUT2D eigenvalue weighted by atomic mass is 16.6. The van der Waals surface area contributed by atoms with Crippen molar-refractivity contribution in [2.45, 2.75) is 45.6 Å². The normalized spacial score (nSPS) is 12.8. The number of rotatable bonds is 6. The first-order valence-electron chi connectivity index (χ1n) is 6.58. The van der Waals surface area contributed by atoms with Gasteiger partial charge in [0, 0.05) is 24.7 Å². The lowest BCUT2D eigenvalue weighted by Crippen LogP contribution is -2.30. The molecule has 0 bridgehead atoms. The first kappa shape index (κ1) is 16.2. The van der Waals surface area contributed by atoms with Gasteiger partial charge in [0.2, 0.25) is 0 Å². The fraction of sp³-hybridized carbons (Fsp3) is 0.643. The topological polar surface area (TPSA) is 81.3 Å². The summed E-state index contributed by atoms with van der Waals surface area (Å²) in [6, 6.07) is 0. The van der Waals surface area contributed by atoms with Crippen LogP contribution in [-0.2, 0) is 25.5 Å². The zero-order chi connectivity index (χ0) is 15.2. The first-order valence-corrected chi connectivity index (χ1v) is 6.58. The van der Waals surface area contributed by atoms with E-state index < -0.39 is 11.5 Å². The van der Waals surface area contributed by atoms with Gasteiger partial charge in [-0.3, -0.25) is 9.59 Å². The van der Waals surface area contributed by atoms with Crippen molar-refractivity contribution < 1.29 is 19.1 Å². The van der Waals surface area contributed by atoms with Crippen molar-refractivity contribution in [3.63, 3.8) is 0 Å². The SMILES string of the molecule is COC(=O)CC[C@@H](Cc1cnc[nH]1)C(=O)OC(C)(C)C. The molecular weight excluding hydrogens is 260 g/mol. The number of methoxy groups -OCH3 is 1. The summed E-state index contributed by atoms with van der Waals surface area (Å²) in [5.74, 6) is -1.03. The Labute approximate surface area is 118 Å². The van der Waals surface area contributed by atoms with Gasteiger partial charge in [0.05, 0.1) is 19.4 Å². The monoisotopic (exact) mass is 282 g/mol. The number of imidazole rings is 1. The van der Waals surface area contributed by atoms with Crippen LogP contribution in [0.15, 0.2) is 12.5 Å². The van der Waals surface area contributed by atoms with E-state index in [-0.39, 0.29) is 18.4 Å². The molecule has 1 N–H and O–H groups in total. The molecular formula is C14H22N2O4. The van der Waals surface area contributed by atoms with Crippen LogP contribution in [0.2, 0.25) is 0 Å². The van der Waals surface area contributed by atoms with E-state index in [4.69, 9.17) is 4.74 Å². The van der Waals surface area contributed by atoms with Gasteiger partial charge >= 0.3 is 11.9 Å². The number of aromatic amines is 1. The highest BCUT2D eigenvalue weighted by molar-refractivity contribution is 5.75. The summed E-state index contributed by atoms with van der Waals surface area (Å²) in [5.41, 5.74) is 0.292. The zero-order valence-electron chi connectivity index (χ0n) is 12.4. The van der Waals surface area contributed by atoms with Gasteiger partial charge in [-0.05, 0) is 27.2 Å². The Kier molecular flexibility index (Phi) is 5.73. The Balaban J connectivity index is 2.67. The van der Waals surface area contributed by atoms with Gasteiger partial charge in [-0.2, -0.15) is 0 Å². The number of hydrogen-bond acceptors (Lipinski definition) is 5. The summed E-state index contributed by atoms with van der Waals surface area (Å²) < 4.78 is 9.99. The van der Waals surface area contributed by atoms with Gasteiger partial charge in [0.15, 0.2) is 0 Å². The minimum atomic E-state index is -0.547. The summed E-state index contributed by atoms with van der Waals surface area (Å²) in [7, 11) is 1.33. The molecule has 0 fully saturated rings. The summed E-state index contributed by atoms with van der Waals surface area (Å²) in [6.45, 7) is 5.45. The van der Waals surface area contributed by atoms with E-state index in [0.29, 0.717) is 12.8 Å². The second-order valence-electron chi connectivity index (χ2n) is 5.63. The third-order valence-corrected chi connectivity index (χ3v) is 2.69. The summed E-state index contributed by atoms with van der Waals surface area (Å²) in [5, 5.41) is 0. The van der Waals surface area contributed by atoms with Crippen molar-refractivity contribution in [2.24, 2.45) is 5.92 Å². The fourth-order valence-electron chi connectivity index (χ4n) is 1.74. The van der Waals surface area contributed by atoms with Gasteiger partial charge in [0.25, 0.3) is 0 Å². The van der Waals surface area contributed by atoms with E-state index in [1.54, 1.807) is 12.5 Å². The van der Waals surface area contributed by atoms with Crippen molar-refractivity contribution in [1.82, 2.24) is 9.97 Å². The third-order valence-electron chi connectivity index (χ3n) is 2.69.